The van der Waals surface area contributed by atoms with Crippen molar-refractivity contribution in [1.29, 1.82) is 0 Å². The Hall–Kier alpha value is -0.820. The minimum absolute atomic E-state index is 0.229. The van der Waals surface area contributed by atoms with E-state index in [0.717, 1.165) is 29.5 Å². The summed E-state index contributed by atoms with van der Waals surface area (Å²) in [6.07, 6.45) is 2.41. The van der Waals surface area contributed by atoms with E-state index in [9.17, 15) is 4.79 Å². The molecule has 0 aromatic heterocycles. The fourth-order valence-corrected chi connectivity index (χ4v) is 1.85. The number of alkyl halides is 1. The Bertz CT molecular complexity index is 324. The topological polar surface area (TPSA) is 17.1 Å². The van der Waals surface area contributed by atoms with Gasteiger partial charge in [-0.05, 0) is 38.8 Å². The summed E-state index contributed by atoms with van der Waals surface area (Å²) in [7, 11) is 0. The van der Waals surface area contributed by atoms with E-state index < -0.39 is 0 Å². The van der Waals surface area contributed by atoms with Crippen LogP contribution in [-0.2, 0) is 0 Å². The predicted octanol–water partition coefficient (Wildman–Crippen LogP) is 3.90. The predicted molar refractivity (Wildman–Crippen MR) is 64.8 cm³/mol. The number of carbonyl (C=O) groups excluding carboxylic acids is 1. The number of unbranched alkanes of at least 4 members (excludes halogenated alkanes) is 1. The van der Waals surface area contributed by atoms with E-state index in [0.29, 0.717) is 12.3 Å². The van der Waals surface area contributed by atoms with Crippen LogP contribution in [0.15, 0.2) is 18.2 Å². The van der Waals surface area contributed by atoms with Crippen molar-refractivity contribution in [2.75, 3.05) is 5.88 Å². The molecule has 0 aliphatic heterocycles. The number of hydrogen-bond acceptors (Lipinski definition) is 1. The van der Waals surface area contributed by atoms with Gasteiger partial charge in [0.25, 0.3) is 0 Å². The molecule has 0 saturated carbocycles. The first-order chi connectivity index (χ1) is 7.13. The molecule has 82 valence electrons. The van der Waals surface area contributed by atoms with Crippen LogP contribution in [0.25, 0.3) is 0 Å². The van der Waals surface area contributed by atoms with E-state index in [1.54, 1.807) is 0 Å². The third-order valence-corrected chi connectivity index (χ3v) is 2.60. The summed E-state index contributed by atoms with van der Waals surface area (Å²) in [6.45, 7) is 4.03. The summed E-state index contributed by atoms with van der Waals surface area (Å²) >= 11 is 5.57. The fraction of sp³-hybridized carbons (Fsp3) is 0.462. The number of carbonyl (C=O) groups is 1. The van der Waals surface area contributed by atoms with Gasteiger partial charge in [-0.1, -0.05) is 17.2 Å². The van der Waals surface area contributed by atoms with Crippen LogP contribution in [0.3, 0.4) is 0 Å². The Morgan fingerprint density at radius 1 is 1.13 bits per heavy atom. The van der Waals surface area contributed by atoms with Crippen molar-refractivity contribution in [2.24, 2.45) is 0 Å². The van der Waals surface area contributed by atoms with Gasteiger partial charge in [0.2, 0.25) is 0 Å². The molecule has 0 spiro atoms. The number of rotatable bonds is 5. The molecule has 1 aromatic rings. The van der Waals surface area contributed by atoms with Crippen LogP contribution in [-0.4, -0.2) is 11.7 Å². The first-order valence-electron chi connectivity index (χ1n) is 5.31. The van der Waals surface area contributed by atoms with Crippen molar-refractivity contribution in [2.45, 2.75) is 33.1 Å². The number of halogens is 1. The molecule has 0 fully saturated rings. The minimum atomic E-state index is 0.229. The Kier molecular flexibility index (Phi) is 4.83. The molecule has 0 bridgehead atoms. The van der Waals surface area contributed by atoms with Crippen LogP contribution in [0.5, 0.6) is 0 Å². The van der Waals surface area contributed by atoms with Gasteiger partial charge in [0.15, 0.2) is 5.78 Å². The van der Waals surface area contributed by atoms with Crippen LogP contribution in [0.1, 0.15) is 40.7 Å². The summed E-state index contributed by atoms with van der Waals surface area (Å²) in [5.41, 5.74) is 3.13. The number of ketones is 1. The average molecular weight is 225 g/mol. The molecule has 1 aromatic carbocycles. The first kappa shape index (κ1) is 12.3. The van der Waals surface area contributed by atoms with Crippen LogP contribution in [0.4, 0.5) is 0 Å². The fourth-order valence-electron chi connectivity index (χ4n) is 1.66. The van der Waals surface area contributed by atoms with Crippen LogP contribution in [0.2, 0.25) is 0 Å². The molecule has 0 saturated heterocycles. The van der Waals surface area contributed by atoms with Gasteiger partial charge in [-0.2, -0.15) is 0 Å². The van der Waals surface area contributed by atoms with Gasteiger partial charge in [-0.3, -0.25) is 4.79 Å². The molecule has 0 aliphatic rings. The minimum Gasteiger partial charge on any atom is -0.294 e. The third-order valence-electron chi connectivity index (χ3n) is 2.33. The Balaban J connectivity index is 2.65. The van der Waals surface area contributed by atoms with E-state index in [2.05, 4.69) is 6.07 Å². The largest absolute Gasteiger partial charge is 0.294 e. The summed E-state index contributed by atoms with van der Waals surface area (Å²) < 4.78 is 0. The molecule has 0 radical (unpaired) electrons. The number of aryl methyl sites for hydroxylation is 2. The van der Waals surface area contributed by atoms with Gasteiger partial charge in [-0.25, -0.2) is 0 Å². The monoisotopic (exact) mass is 224 g/mol. The van der Waals surface area contributed by atoms with E-state index in [1.165, 1.54) is 0 Å². The van der Waals surface area contributed by atoms with Gasteiger partial charge in [0.1, 0.15) is 0 Å². The lowest BCUT2D eigenvalue weighted by Gasteiger charge is -2.03. The maximum absolute atomic E-state index is 11.8. The van der Waals surface area contributed by atoms with Crippen molar-refractivity contribution in [1.82, 2.24) is 0 Å². The molecular weight excluding hydrogens is 208 g/mol. The molecule has 0 heterocycles. The molecule has 0 unspecified atom stereocenters. The summed E-state index contributed by atoms with van der Waals surface area (Å²) in [5, 5.41) is 0. The van der Waals surface area contributed by atoms with Crippen molar-refractivity contribution in [3.05, 3.63) is 34.9 Å². The average Bonchev–Trinajstić information content (AvgIpc) is 2.16. The standard InChI is InChI=1S/C13H17ClO/c1-10-7-11(2)9-12(8-10)13(15)5-3-4-6-14/h7-9H,3-6H2,1-2H3. The summed E-state index contributed by atoms with van der Waals surface area (Å²) in [4.78, 5) is 11.8. The Morgan fingerprint density at radius 3 is 2.27 bits per heavy atom. The molecule has 1 nitrogen and oxygen atoms in total. The van der Waals surface area contributed by atoms with Crippen molar-refractivity contribution in [3.8, 4) is 0 Å². The van der Waals surface area contributed by atoms with Gasteiger partial charge >= 0.3 is 0 Å². The zero-order chi connectivity index (χ0) is 11.3. The second-order valence-corrected chi connectivity index (χ2v) is 4.32. The highest BCUT2D eigenvalue weighted by Gasteiger charge is 2.06. The maximum Gasteiger partial charge on any atom is 0.162 e. The van der Waals surface area contributed by atoms with Gasteiger partial charge in [0.05, 0.1) is 0 Å². The van der Waals surface area contributed by atoms with E-state index in [1.807, 2.05) is 26.0 Å². The van der Waals surface area contributed by atoms with Crippen molar-refractivity contribution >= 4 is 17.4 Å². The second-order valence-electron chi connectivity index (χ2n) is 3.95. The summed E-state index contributed by atoms with van der Waals surface area (Å²) in [6, 6.07) is 5.99. The highest BCUT2D eigenvalue weighted by atomic mass is 35.5. The molecular formula is C13H17ClO. The highest BCUT2D eigenvalue weighted by molar-refractivity contribution is 6.17. The van der Waals surface area contributed by atoms with Gasteiger partial charge in [-0.15, -0.1) is 11.6 Å². The zero-order valence-electron chi connectivity index (χ0n) is 9.35. The lowest BCUT2D eigenvalue weighted by Crippen LogP contribution is -2.00. The lowest BCUT2D eigenvalue weighted by molar-refractivity contribution is 0.0979. The molecule has 15 heavy (non-hydrogen) atoms. The van der Waals surface area contributed by atoms with E-state index >= 15 is 0 Å². The Labute approximate surface area is 96.5 Å². The normalized spacial score (nSPS) is 10.3. The molecule has 1 rings (SSSR count). The molecule has 0 aliphatic carbocycles. The number of Topliss-reactive ketones (excluding diaryl/α,β-unsaturated/α-hetero) is 1. The van der Waals surface area contributed by atoms with Gasteiger partial charge in [0, 0.05) is 17.9 Å². The van der Waals surface area contributed by atoms with Crippen LogP contribution < -0.4 is 0 Å². The van der Waals surface area contributed by atoms with Gasteiger partial charge < -0.3 is 0 Å². The second kappa shape index (κ2) is 5.92. The number of benzene rings is 1. The molecule has 0 N–H and O–H groups in total. The quantitative estimate of drug-likeness (QED) is 0.421. The first-order valence-corrected chi connectivity index (χ1v) is 5.84. The molecule has 0 amide bonds. The molecule has 0 atom stereocenters. The summed E-state index contributed by atoms with van der Waals surface area (Å²) in [5.74, 6) is 0.868. The number of hydrogen-bond donors (Lipinski definition) is 0. The smallest absolute Gasteiger partial charge is 0.162 e. The third kappa shape index (κ3) is 4.05. The van der Waals surface area contributed by atoms with Crippen LogP contribution >= 0.6 is 11.6 Å². The lowest BCUT2D eigenvalue weighted by atomic mass is 10.0. The van der Waals surface area contributed by atoms with Crippen LogP contribution in [0, 0.1) is 13.8 Å². The zero-order valence-corrected chi connectivity index (χ0v) is 10.1. The van der Waals surface area contributed by atoms with E-state index in [-0.39, 0.29) is 5.78 Å². The van der Waals surface area contributed by atoms with Crippen molar-refractivity contribution < 1.29 is 4.79 Å². The Morgan fingerprint density at radius 2 is 1.73 bits per heavy atom. The molecule has 2 heteroatoms. The van der Waals surface area contributed by atoms with Crippen molar-refractivity contribution in [3.63, 3.8) is 0 Å². The maximum atomic E-state index is 11.8. The SMILES string of the molecule is Cc1cc(C)cc(C(=O)CCCCCl)c1. The highest BCUT2D eigenvalue weighted by Crippen LogP contribution is 2.12. The van der Waals surface area contributed by atoms with E-state index in [4.69, 9.17) is 11.6 Å².